The van der Waals surface area contributed by atoms with Crippen LogP contribution < -0.4 is 21.9 Å². The van der Waals surface area contributed by atoms with Gasteiger partial charge >= 0.3 is 0 Å². The molecule has 0 saturated heterocycles. The maximum atomic E-state index is 12.5. The summed E-state index contributed by atoms with van der Waals surface area (Å²) in [7, 11) is 0. The van der Waals surface area contributed by atoms with Crippen LogP contribution in [0.15, 0.2) is 59.4 Å². The van der Waals surface area contributed by atoms with E-state index in [1.165, 1.54) is 0 Å². The number of hydrogen-bond acceptors (Lipinski definition) is 5. The van der Waals surface area contributed by atoms with Gasteiger partial charge in [-0.05, 0) is 42.8 Å². The van der Waals surface area contributed by atoms with Crippen molar-refractivity contribution < 1.29 is 14.4 Å². The normalized spacial score (nSPS) is 12.4. The summed E-state index contributed by atoms with van der Waals surface area (Å²) >= 11 is 0. The molecule has 0 atom stereocenters. The summed E-state index contributed by atoms with van der Waals surface area (Å²) in [6.45, 7) is 1.89. The molecule has 0 unspecified atom stereocenters. The molecule has 1 aliphatic heterocycles. The molecular weight excluding hydrogens is 372 g/mol. The van der Waals surface area contributed by atoms with E-state index in [-0.39, 0.29) is 22.9 Å². The lowest BCUT2D eigenvalue weighted by Gasteiger charge is -2.13. The quantitative estimate of drug-likeness (QED) is 0.591. The number of aromatic nitrogens is 1. The van der Waals surface area contributed by atoms with E-state index < -0.39 is 17.4 Å². The number of fused-ring (bicyclic) bond motifs is 1. The van der Waals surface area contributed by atoms with E-state index in [4.69, 9.17) is 5.73 Å². The van der Waals surface area contributed by atoms with Gasteiger partial charge in [-0.2, -0.15) is 0 Å². The maximum absolute atomic E-state index is 12.5. The summed E-state index contributed by atoms with van der Waals surface area (Å²) in [5.41, 5.74) is 7.78. The van der Waals surface area contributed by atoms with Crippen LogP contribution in [-0.2, 0) is 0 Å². The molecule has 0 aliphatic carbocycles. The van der Waals surface area contributed by atoms with Crippen LogP contribution in [0.5, 0.6) is 0 Å². The molecule has 1 aliphatic rings. The first-order valence-electron chi connectivity index (χ1n) is 8.75. The van der Waals surface area contributed by atoms with Crippen LogP contribution in [-0.4, -0.2) is 22.3 Å². The second-order valence-electron chi connectivity index (χ2n) is 6.59. The van der Waals surface area contributed by atoms with Crippen molar-refractivity contribution in [1.29, 1.82) is 0 Å². The molecule has 29 heavy (non-hydrogen) atoms. The van der Waals surface area contributed by atoms with Gasteiger partial charge in [0.2, 0.25) is 0 Å². The third-order valence-electron chi connectivity index (χ3n) is 4.73. The lowest BCUT2D eigenvalue weighted by Crippen LogP contribution is -2.24. The molecule has 8 heteroatoms. The largest absolute Gasteiger partial charge is 0.384 e. The third-order valence-corrected chi connectivity index (χ3v) is 4.73. The smallest absolute Gasteiger partial charge is 0.262 e. The van der Waals surface area contributed by atoms with Gasteiger partial charge in [0.15, 0.2) is 0 Å². The predicted molar refractivity (Wildman–Crippen MR) is 107 cm³/mol. The van der Waals surface area contributed by atoms with Gasteiger partial charge in [-0.3, -0.25) is 29.1 Å². The van der Waals surface area contributed by atoms with Gasteiger partial charge in [-0.25, -0.2) is 0 Å². The number of imide groups is 1. The highest BCUT2D eigenvalue weighted by Gasteiger charge is 2.31. The number of carbonyl (C=O) groups excluding carboxylic acids is 3. The number of para-hydroxylation sites is 1. The minimum Gasteiger partial charge on any atom is -0.384 e. The molecule has 4 N–H and O–H groups in total. The molecule has 0 spiro atoms. The summed E-state index contributed by atoms with van der Waals surface area (Å²) in [4.78, 5) is 48.6. The fourth-order valence-electron chi connectivity index (χ4n) is 3.22. The molecule has 4 rings (SSSR count). The Bertz CT molecular complexity index is 1240. The van der Waals surface area contributed by atoms with E-state index in [2.05, 4.69) is 10.6 Å². The second kappa shape index (κ2) is 6.75. The first kappa shape index (κ1) is 18.2. The van der Waals surface area contributed by atoms with Crippen LogP contribution in [0, 0.1) is 6.92 Å². The van der Waals surface area contributed by atoms with Gasteiger partial charge in [-0.1, -0.05) is 18.2 Å². The van der Waals surface area contributed by atoms with Crippen molar-refractivity contribution in [3.63, 3.8) is 0 Å². The van der Waals surface area contributed by atoms with Gasteiger partial charge in [0, 0.05) is 17.3 Å². The van der Waals surface area contributed by atoms with Crippen LogP contribution in [0.25, 0.3) is 5.69 Å². The topological polar surface area (TPSA) is 123 Å². The molecule has 0 bridgehead atoms. The van der Waals surface area contributed by atoms with Gasteiger partial charge < -0.3 is 11.1 Å². The lowest BCUT2D eigenvalue weighted by atomic mass is 10.1. The SMILES string of the molecule is Cc1ccccc1NC(=O)c1ccc(-n2c(N)c3c(cc2=O)C(=O)NC3=O)cc1. The van der Waals surface area contributed by atoms with Crippen LogP contribution in [0.2, 0.25) is 0 Å². The summed E-state index contributed by atoms with van der Waals surface area (Å²) < 4.78 is 1.13. The molecule has 0 saturated carbocycles. The monoisotopic (exact) mass is 388 g/mol. The Balaban J connectivity index is 1.67. The molecule has 3 amide bonds. The first-order chi connectivity index (χ1) is 13.9. The Morgan fingerprint density at radius 2 is 1.69 bits per heavy atom. The molecular formula is C21H16N4O4. The molecule has 0 fully saturated rings. The average Bonchev–Trinajstić information content (AvgIpc) is 2.97. The van der Waals surface area contributed by atoms with Crippen molar-refractivity contribution in [2.45, 2.75) is 6.92 Å². The minimum atomic E-state index is -0.649. The standard InChI is InChI=1S/C21H16N4O4/c1-11-4-2-3-5-15(11)23-19(27)12-6-8-13(9-7-12)25-16(26)10-14-17(18(25)22)21(29)24-20(14)28/h2-10H,22H2,1H3,(H,23,27)(H,24,28,29). The highest BCUT2D eigenvalue weighted by Crippen LogP contribution is 2.23. The first-order valence-corrected chi connectivity index (χ1v) is 8.75. The van der Waals surface area contributed by atoms with Crippen LogP contribution in [0.3, 0.4) is 0 Å². The molecule has 3 aromatic rings. The molecule has 8 nitrogen and oxygen atoms in total. The molecule has 0 radical (unpaired) electrons. The summed E-state index contributed by atoms with van der Waals surface area (Å²) in [6.07, 6.45) is 0. The minimum absolute atomic E-state index is 0.0315. The van der Waals surface area contributed by atoms with Crippen molar-refractivity contribution in [3.05, 3.63) is 87.2 Å². The fraction of sp³-hybridized carbons (Fsp3) is 0.0476. The van der Waals surface area contributed by atoms with Crippen molar-refractivity contribution >= 4 is 29.2 Å². The van der Waals surface area contributed by atoms with Crippen LogP contribution in [0.1, 0.15) is 36.6 Å². The Morgan fingerprint density at radius 3 is 2.38 bits per heavy atom. The van der Waals surface area contributed by atoms with Crippen molar-refractivity contribution in [1.82, 2.24) is 9.88 Å². The van der Waals surface area contributed by atoms with E-state index in [1.807, 2.05) is 25.1 Å². The Kier molecular flexibility index (Phi) is 4.23. The van der Waals surface area contributed by atoms with Gasteiger partial charge in [0.1, 0.15) is 5.82 Å². The van der Waals surface area contributed by atoms with Gasteiger partial charge in [0.25, 0.3) is 23.3 Å². The number of amides is 3. The number of nitrogens with zero attached hydrogens (tertiary/aromatic N) is 1. The highest BCUT2D eigenvalue weighted by atomic mass is 16.2. The maximum Gasteiger partial charge on any atom is 0.262 e. The number of pyridine rings is 1. The van der Waals surface area contributed by atoms with E-state index in [1.54, 1.807) is 30.3 Å². The number of nitrogens with two attached hydrogens (primary N) is 1. The van der Waals surface area contributed by atoms with E-state index in [0.29, 0.717) is 16.9 Å². The summed E-state index contributed by atoms with van der Waals surface area (Å²) in [5.74, 6) is -1.73. The zero-order valence-corrected chi connectivity index (χ0v) is 15.4. The number of nitrogens with one attached hydrogen (secondary N) is 2. The molecule has 1 aromatic heterocycles. The number of carbonyl (C=O) groups is 3. The summed E-state index contributed by atoms with van der Waals surface area (Å²) in [6, 6.07) is 14.7. The Morgan fingerprint density at radius 1 is 1.00 bits per heavy atom. The number of nitrogen functional groups attached to an aromatic ring is 1. The Labute approximate surface area is 165 Å². The van der Waals surface area contributed by atoms with Gasteiger partial charge in [0.05, 0.1) is 16.8 Å². The number of anilines is 2. The van der Waals surface area contributed by atoms with Crippen LogP contribution in [0.4, 0.5) is 11.5 Å². The van der Waals surface area contributed by atoms with E-state index >= 15 is 0 Å². The van der Waals surface area contributed by atoms with Crippen molar-refractivity contribution in [2.75, 3.05) is 11.1 Å². The number of rotatable bonds is 3. The van der Waals surface area contributed by atoms with Crippen LogP contribution >= 0.6 is 0 Å². The zero-order valence-electron chi connectivity index (χ0n) is 15.4. The van der Waals surface area contributed by atoms with E-state index in [9.17, 15) is 19.2 Å². The zero-order chi connectivity index (χ0) is 20.7. The van der Waals surface area contributed by atoms with E-state index in [0.717, 1.165) is 16.2 Å². The fourth-order valence-corrected chi connectivity index (χ4v) is 3.22. The average molecular weight is 388 g/mol. The molecule has 2 aromatic carbocycles. The summed E-state index contributed by atoms with van der Waals surface area (Å²) in [5, 5.41) is 4.95. The number of hydrogen-bond donors (Lipinski definition) is 3. The van der Waals surface area contributed by atoms with Crippen molar-refractivity contribution in [3.8, 4) is 5.69 Å². The number of benzene rings is 2. The Hall–Kier alpha value is -4.20. The lowest BCUT2D eigenvalue weighted by molar-refractivity contribution is 0.0879. The predicted octanol–water partition coefficient (Wildman–Crippen LogP) is 1.86. The molecule has 144 valence electrons. The number of aryl methyl sites for hydroxylation is 1. The third kappa shape index (κ3) is 3.06. The van der Waals surface area contributed by atoms with Crippen molar-refractivity contribution in [2.24, 2.45) is 0 Å². The molecule has 2 heterocycles. The van der Waals surface area contributed by atoms with Gasteiger partial charge in [-0.15, -0.1) is 0 Å². The highest BCUT2D eigenvalue weighted by molar-refractivity contribution is 6.23. The second-order valence-corrected chi connectivity index (χ2v) is 6.59.